The molecule has 2 saturated heterocycles. The highest BCUT2D eigenvalue weighted by Gasteiger charge is 2.31. The van der Waals surface area contributed by atoms with Crippen molar-refractivity contribution >= 4 is 27.3 Å². The number of sulfonamides is 1. The van der Waals surface area contributed by atoms with Crippen molar-refractivity contribution in [3.63, 3.8) is 0 Å². The lowest BCUT2D eigenvalue weighted by molar-refractivity contribution is -0.384. The van der Waals surface area contributed by atoms with Crippen LogP contribution < -0.4 is 9.64 Å². The minimum atomic E-state index is -3.85. The molecular formula is C22H26N4O7S. The predicted molar refractivity (Wildman–Crippen MR) is 124 cm³/mol. The lowest BCUT2D eigenvalue weighted by Crippen LogP contribution is -2.49. The molecule has 0 spiro atoms. The van der Waals surface area contributed by atoms with Gasteiger partial charge in [-0.1, -0.05) is 6.07 Å². The van der Waals surface area contributed by atoms with E-state index in [1.807, 2.05) is 0 Å². The number of methoxy groups -OCH3 is 1. The minimum absolute atomic E-state index is 0.114. The van der Waals surface area contributed by atoms with Crippen LogP contribution in [-0.4, -0.2) is 88.0 Å². The fourth-order valence-electron chi connectivity index (χ4n) is 4.10. The van der Waals surface area contributed by atoms with E-state index in [1.165, 1.54) is 23.5 Å². The summed E-state index contributed by atoms with van der Waals surface area (Å²) < 4.78 is 37.5. The summed E-state index contributed by atoms with van der Waals surface area (Å²) in [6.07, 6.45) is 0. The lowest BCUT2D eigenvalue weighted by atomic mass is 10.1. The topological polar surface area (TPSA) is 123 Å². The summed E-state index contributed by atoms with van der Waals surface area (Å²) in [6, 6.07) is 10.9. The van der Waals surface area contributed by atoms with Crippen molar-refractivity contribution in [1.29, 1.82) is 0 Å². The highest BCUT2D eigenvalue weighted by Crippen LogP contribution is 2.33. The number of nitro benzene ring substituents is 1. The van der Waals surface area contributed by atoms with Gasteiger partial charge in [0.1, 0.15) is 11.4 Å². The zero-order valence-corrected chi connectivity index (χ0v) is 19.6. The first-order valence-electron chi connectivity index (χ1n) is 10.9. The molecule has 0 atom stereocenters. The monoisotopic (exact) mass is 490 g/mol. The van der Waals surface area contributed by atoms with Gasteiger partial charge in [0.05, 0.1) is 30.1 Å². The molecule has 0 aliphatic carbocycles. The summed E-state index contributed by atoms with van der Waals surface area (Å²) in [5.74, 6) is 0.451. The molecule has 12 heteroatoms. The van der Waals surface area contributed by atoms with Gasteiger partial charge >= 0.3 is 0 Å². The first-order valence-corrected chi connectivity index (χ1v) is 12.3. The molecule has 182 valence electrons. The van der Waals surface area contributed by atoms with Gasteiger partial charge in [-0.2, -0.15) is 4.31 Å². The zero-order valence-electron chi connectivity index (χ0n) is 18.8. The third-order valence-corrected chi connectivity index (χ3v) is 7.87. The lowest BCUT2D eigenvalue weighted by Gasteiger charge is -2.36. The van der Waals surface area contributed by atoms with Crippen LogP contribution in [0, 0.1) is 10.1 Å². The maximum Gasteiger partial charge on any atom is 0.293 e. The van der Waals surface area contributed by atoms with Gasteiger partial charge in [0.15, 0.2) is 0 Å². The van der Waals surface area contributed by atoms with Gasteiger partial charge in [0.25, 0.3) is 11.6 Å². The molecule has 0 N–H and O–H groups in total. The normalized spacial score (nSPS) is 17.4. The van der Waals surface area contributed by atoms with Gasteiger partial charge in [0, 0.05) is 50.9 Å². The average Bonchev–Trinajstić information content (AvgIpc) is 2.88. The molecule has 0 saturated carbocycles. The molecule has 2 aromatic rings. The zero-order chi connectivity index (χ0) is 24.3. The highest BCUT2D eigenvalue weighted by atomic mass is 32.2. The van der Waals surface area contributed by atoms with Crippen LogP contribution in [0.1, 0.15) is 10.4 Å². The molecule has 2 aliphatic rings. The second kappa shape index (κ2) is 9.95. The molecule has 34 heavy (non-hydrogen) atoms. The van der Waals surface area contributed by atoms with Crippen LogP contribution in [0.4, 0.5) is 11.4 Å². The van der Waals surface area contributed by atoms with E-state index in [1.54, 1.807) is 34.1 Å². The Kier molecular flexibility index (Phi) is 7.00. The maximum atomic E-state index is 12.9. The molecule has 2 aliphatic heterocycles. The smallest absolute Gasteiger partial charge is 0.293 e. The van der Waals surface area contributed by atoms with E-state index in [2.05, 4.69) is 0 Å². The Morgan fingerprint density at radius 1 is 1.03 bits per heavy atom. The van der Waals surface area contributed by atoms with Crippen LogP contribution in [0.15, 0.2) is 47.4 Å². The number of piperazine rings is 1. The second-order valence-electron chi connectivity index (χ2n) is 7.94. The SMILES string of the molecule is COc1cccc(C(=O)N2CCN(c3ccc(S(=O)(=O)N4CCOCC4)cc3[N+](=O)[O-])CC2)c1. The van der Waals surface area contributed by atoms with Crippen molar-refractivity contribution in [3.8, 4) is 5.75 Å². The minimum Gasteiger partial charge on any atom is -0.497 e. The van der Waals surface area contributed by atoms with Crippen LogP contribution in [0.3, 0.4) is 0 Å². The van der Waals surface area contributed by atoms with Gasteiger partial charge in [0.2, 0.25) is 10.0 Å². The number of hydrogen-bond acceptors (Lipinski definition) is 8. The standard InChI is InChI=1S/C22H26N4O7S/c1-32-18-4-2-3-17(15-18)22(27)24-9-7-23(8-10-24)20-6-5-19(16-21(20)26(28)29)34(30,31)25-11-13-33-14-12-25/h2-6,15-16H,7-14H2,1H3. The number of carbonyl (C=O) groups excluding carboxylic acids is 1. The molecule has 0 aromatic heterocycles. The van der Waals surface area contributed by atoms with Crippen LogP contribution in [0.5, 0.6) is 5.75 Å². The Hall–Kier alpha value is -3.22. The average molecular weight is 491 g/mol. The predicted octanol–water partition coefficient (Wildman–Crippen LogP) is 1.59. The summed E-state index contributed by atoms with van der Waals surface area (Å²) in [7, 11) is -2.32. The molecule has 1 amide bonds. The molecule has 2 fully saturated rings. The van der Waals surface area contributed by atoms with Gasteiger partial charge in [-0.25, -0.2) is 8.42 Å². The number of morpholine rings is 1. The number of nitrogens with zero attached hydrogens (tertiary/aromatic N) is 4. The van der Waals surface area contributed by atoms with E-state index >= 15 is 0 Å². The Morgan fingerprint density at radius 2 is 1.74 bits per heavy atom. The van der Waals surface area contributed by atoms with E-state index < -0.39 is 14.9 Å². The largest absolute Gasteiger partial charge is 0.497 e. The van der Waals surface area contributed by atoms with E-state index in [9.17, 15) is 23.3 Å². The van der Waals surface area contributed by atoms with Crippen molar-refractivity contribution < 1.29 is 27.6 Å². The molecule has 2 aromatic carbocycles. The highest BCUT2D eigenvalue weighted by molar-refractivity contribution is 7.89. The number of benzene rings is 2. The van der Waals surface area contributed by atoms with Crippen LogP contribution in [-0.2, 0) is 14.8 Å². The van der Waals surface area contributed by atoms with Crippen molar-refractivity contribution in [2.45, 2.75) is 4.90 Å². The fourth-order valence-corrected chi connectivity index (χ4v) is 5.53. The first-order chi connectivity index (χ1) is 16.3. The third-order valence-electron chi connectivity index (χ3n) is 5.98. The third kappa shape index (κ3) is 4.83. The van der Waals surface area contributed by atoms with Crippen molar-refractivity contribution in [2.24, 2.45) is 0 Å². The molecule has 0 unspecified atom stereocenters. The van der Waals surface area contributed by atoms with Gasteiger partial charge in [-0.15, -0.1) is 0 Å². The van der Waals surface area contributed by atoms with Crippen molar-refractivity contribution in [3.05, 3.63) is 58.1 Å². The van der Waals surface area contributed by atoms with Crippen LogP contribution in [0.2, 0.25) is 0 Å². The quantitative estimate of drug-likeness (QED) is 0.442. The maximum absolute atomic E-state index is 12.9. The second-order valence-corrected chi connectivity index (χ2v) is 9.87. The summed E-state index contributed by atoms with van der Waals surface area (Å²) in [5.41, 5.74) is 0.567. The number of rotatable bonds is 6. The molecule has 2 heterocycles. The number of ether oxygens (including phenoxy) is 2. The summed E-state index contributed by atoms with van der Waals surface area (Å²) in [4.78, 5) is 27.5. The Morgan fingerprint density at radius 3 is 2.38 bits per heavy atom. The molecule has 4 rings (SSSR count). The first kappa shape index (κ1) is 23.9. The number of carbonyl (C=O) groups is 1. The summed E-state index contributed by atoms with van der Waals surface area (Å²) in [5, 5.41) is 11.8. The van der Waals surface area contributed by atoms with Crippen molar-refractivity contribution in [1.82, 2.24) is 9.21 Å². The van der Waals surface area contributed by atoms with E-state index in [0.717, 1.165) is 6.07 Å². The van der Waals surface area contributed by atoms with Gasteiger partial charge in [-0.05, 0) is 30.3 Å². The van der Waals surface area contributed by atoms with E-state index in [0.29, 0.717) is 43.2 Å². The molecule has 0 bridgehead atoms. The van der Waals surface area contributed by atoms with Crippen LogP contribution >= 0.6 is 0 Å². The van der Waals surface area contributed by atoms with E-state index in [4.69, 9.17) is 9.47 Å². The number of anilines is 1. The Bertz CT molecular complexity index is 1170. The van der Waals surface area contributed by atoms with Crippen LogP contribution in [0.25, 0.3) is 0 Å². The van der Waals surface area contributed by atoms with Gasteiger partial charge in [-0.3, -0.25) is 14.9 Å². The number of nitro groups is 1. The fraction of sp³-hybridized carbons (Fsp3) is 0.409. The molecule has 11 nitrogen and oxygen atoms in total. The van der Waals surface area contributed by atoms with Crippen molar-refractivity contribution in [2.75, 3.05) is 64.5 Å². The Labute approximate surface area is 197 Å². The number of hydrogen-bond donors (Lipinski definition) is 0. The summed E-state index contributed by atoms with van der Waals surface area (Å²) in [6.45, 7) is 2.51. The molecule has 0 radical (unpaired) electrons. The molecular weight excluding hydrogens is 464 g/mol. The Balaban J connectivity index is 1.50. The van der Waals surface area contributed by atoms with Gasteiger partial charge < -0.3 is 19.3 Å². The van der Waals surface area contributed by atoms with E-state index in [-0.39, 0.29) is 42.8 Å². The number of amides is 1. The summed E-state index contributed by atoms with van der Waals surface area (Å²) >= 11 is 0.